The number of ether oxygens (including phenoxy) is 1. The lowest BCUT2D eigenvalue weighted by Gasteiger charge is -2.22. The molecule has 0 fully saturated rings. The Bertz CT molecular complexity index is 608. The number of nitrogens with zero attached hydrogens (tertiary/aromatic N) is 1. The van der Waals surface area contributed by atoms with Crippen LogP contribution in [0, 0.1) is 6.92 Å². The molecule has 0 atom stereocenters. The SMILES string of the molecule is Cc1ccccc1CN(C)c1ccc(N)c(OC(C)C)c1. The number of hydrogen-bond donors (Lipinski definition) is 1. The Morgan fingerprint density at radius 2 is 1.86 bits per heavy atom. The van der Waals surface area contributed by atoms with Crippen molar-refractivity contribution in [3.05, 3.63) is 53.6 Å². The van der Waals surface area contributed by atoms with Crippen molar-refractivity contribution in [2.75, 3.05) is 17.7 Å². The Morgan fingerprint density at radius 1 is 1.14 bits per heavy atom. The molecular formula is C18H24N2O. The first kappa shape index (κ1) is 15.2. The zero-order chi connectivity index (χ0) is 15.4. The molecule has 0 aromatic heterocycles. The monoisotopic (exact) mass is 284 g/mol. The molecule has 0 bridgehead atoms. The van der Waals surface area contributed by atoms with Gasteiger partial charge < -0.3 is 15.4 Å². The van der Waals surface area contributed by atoms with E-state index in [-0.39, 0.29) is 6.10 Å². The average Bonchev–Trinajstić information content (AvgIpc) is 2.43. The summed E-state index contributed by atoms with van der Waals surface area (Å²) < 4.78 is 5.76. The van der Waals surface area contributed by atoms with E-state index in [1.165, 1.54) is 11.1 Å². The van der Waals surface area contributed by atoms with Crippen LogP contribution < -0.4 is 15.4 Å². The summed E-state index contributed by atoms with van der Waals surface area (Å²) in [4.78, 5) is 2.20. The fourth-order valence-electron chi connectivity index (χ4n) is 2.25. The van der Waals surface area contributed by atoms with Crippen LogP contribution in [0.15, 0.2) is 42.5 Å². The highest BCUT2D eigenvalue weighted by molar-refractivity contribution is 5.62. The standard InChI is InChI=1S/C18H24N2O/c1-13(2)21-18-11-16(9-10-17(18)19)20(4)12-15-8-6-5-7-14(15)3/h5-11,13H,12,19H2,1-4H3. The average molecular weight is 284 g/mol. The van der Waals surface area contributed by atoms with Gasteiger partial charge in [0.05, 0.1) is 11.8 Å². The van der Waals surface area contributed by atoms with Gasteiger partial charge in [-0.25, -0.2) is 0 Å². The van der Waals surface area contributed by atoms with Crippen LogP contribution in [-0.4, -0.2) is 13.2 Å². The molecule has 2 rings (SSSR count). The van der Waals surface area contributed by atoms with Crippen molar-refractivity contribution in [2.45, 2.75) is 33.4 Å². The maximum Gasteiger partial charge on any atom is 0.144 e. The summed E-state index contributed by atoms with van der Waals surface area (Å²) in [6.07, 6.45) is 0.115. The molecule has 112 valence electrons. The van der Waals surface area contributed by atoms with Gasteiger partial charge in [-0.2, -0.15) is 0 Å². The first-order valence-electron chi connectivity index (χ1n) is 7.29. The second-order valence-corrected chi connectivity index (χ2v) is 5.67. The van der Waals surface area contributed by atoms with Crippen molar-refractivity contribution in [2.24, 2.45) is 0 Å². The quantitative estimate of drug-likeness (QED) is 0.843. The summed E-state index contributed by atoms with van der Waals surface area (Å²) >= 11 is 0. The smallest absolute Gasteiger partial charge is 0.144 e. The lowest BCUT2D eigenvalue weighted by Crippen LogP contribution is -2.17. The van der Waals surface area contributed by atoms with E-state index in [9.17, 15) is 0 Å². The fraction of sp³-hybridized carbons (Fsp3) is 0.333. The highest BCUT2D eigenvalue weighted by Crippen LogP contribution is 2.29. The first-order chi connectivity index (χ1) is 9.97. The van der Waals surface area contributed by atoms with Crippen LogP contribution in [0.25, 0.3) is 0 Å². The maximum absolute atomic E-state index is 5.97. The molecule has 2 aromatic rings. The van der Waals surface area contributed by atoms with E-state index in [1.807, 2.05) is 32.0 Å². The van der Waals surface area contributed by atoms with E-state index in [1.54, 1.807) is 0 Å². The van der Waals surface area contributed by atoms with Gasteiger partial charge in [-0.05, 0) is 44.0 Å². The molecular weight excluding hydrogens is 260 g/mol. The van der Waals surface area contributed by atoms with Crippen LogP contribution in [0.2, 0.25) is 0 Å². The van der Waals surface area contributed by atoms with Gasteiger partial charge in [0.15, 0.2) is 0 Å². The third kappa shape index (κ3) is 3.91. The molecule has 0 radical (unpaired) electrons. The minimum absolute atomic E-state index is 0.115. The van der Waals surface area contributed by atoms with E-state index < -0.39 is 0 Å². The second kappa shape index (κ2) is 6.53. The number of nitrogen functional groups attached to an aromatic ring is 1. The van der Waals surface area contributed by atoms with Crippen LogP contribution >= 0.6 is 0 Å². The van der Waals surface area contributed by atoms with Gasteiger partial charge >= 0.3 is 0 Å². The second-order valence-electron chi connectivity index (χ2n) is 5.67. The molecule has 2 aromatic carbocycles. The zero-order valence-electron chi connectivity index (χ0n) is 13.3. The third-order valence-electron chi connectivity index (χ3n) is 3.47. The van der Waals surface area contributed by atoms with E-state index in [2.05, 4.69) is 43.1 Å². The van der Waals surface area contributed by atoms with Gasteiger partial charge in [-0.1, -0.05) is 24.3 Å². The molecule has 0 aliphatic rings. The van der Waals surface area contributed by atoms with E-state index in [0.29, 0.717) is 5.69 Å². The number of nitrogens with two attached hydrogens (primary N) is 1. The van der Waals surface area contributed by atoms with Crippen LogP contribution in [0.3, 0.4) is 0 Å². The largest absolute Gasteiger partial charge is 0.489 e. The molecule has 0 aliphatic heterocycles. The summed E-state index contributed by atoms with van der Waals surface area (Å²) in [6.45, 7) is 7.00. The molecule has 3 nitrogen and oxygen atoms in total. The number of rotatable bonds is 5. The van der Waals surface area contributed by atoms with Gasteiger partial charge in [0, 0.05) is 25.3 Å². The van der Waals surface area contributed by atoms with Crippen molar-refractivity contribution in [3.63, 3.8) is 0 Å². The molecule has 0 saturated carbocycles. The molecule has 3 heteroatoms. The van der Waals surface area contributed by atoms with Gasteiger partial charge in [0.1, 0.15) is 5.75 Å². The lowest BCUT2D eigenvalue weighted by molar-refractivity contribution is 0.244. The highest BCUT2D eigenvalue weighted by Gasteiger charge is 2.09. The predicted molar refractivity (Wildman–Crippen MR) is 89.9 cm³/mol. The van der Waals surface area contributed by atoms with Crippen LogP contribution in [0.4, 0.5) is 11.4 Å². The van der Waals surface area contributed by atoms with Crippen molar-refractivity contribution >= 4 is 11.4 Å². The minimum Gasteiger partial charge on any atom is -0.489 e. The van der Waals surface area contributed by atoms with Crippen molar-refractivity contribution < 1.29 is 4.74 Å². The van der Waals surface area contributed by atoms with Gasteiger partial charge in [-0.15, -0.1) is 0 Å². The van der Waals surface area contributed by atoms with Crippen LogP contribution in [0.5, 0.6) is 5.75 Å². The molecule has 0 amide bonds. The molecule has 0 aliphatic carbocycles. The third-order valence-corrected chi connectivity index (χ3v) is 3.47. The summed E-state index contributed by atoms with van der Waals surface area (Å²) in [6, 6.07) is 14.4. The van der Waals surface area contributed by atoms with E-state index in [0.717, 1.165) is 18.0 Å². The highest BCUT2D eigenvalue weighted by atomic mass is 16.5. The van der Waals surface area contributed by atoms with Crippen molar-refractivity contribution in [1.82, 2.24) is 0 Å². The number of hydrogen-bond acceptors (Lipinski definition) is 3. The van der Waals surface area contributed by atoms with Crippen LogP contribution in [-0.2, 0) is 6.54 Å². The zero-order valence-corrected chi connectivity index (χ0v) is 13.3. The Morgan fingerprint density at radius 3 is 2.52 bits per heavy atom. The topological polar surface area (TPSA) is 38.5 Å². The normalized spacial score (nSPS) is 10.7. The van der Waals surface area contributed by atoms with Gasteiger partial charge in [0.25, 0.3) is 0 Å². The Hall–Kier alpha value is -2.16. The van der Waals surface area contributed by atoms with E-state index in [4.69, 9.17) is 10.5 Å². The summed E-state index contributed by atoms with van der Waals surface area (Å²) in [5.41, 5.74) is 10.4. The predicted octanol–water partition coefficient (Wildman–Crippen LogP) is 4.00. The van der Waals surface area contributed by atoms with Crippen molar-refractivity contribution in [1.29, 1.82) is 0 Å². The maximum atomic E-state index is 5.97. The number of aryl methyl sites for hydroxylation is 1. The van der Waals surface area contributed by atoms with Gasteiger partial charge in [-0.3, -0.25) is 0 Å². The number of anilines is 2. The molecule has 0 saturated heterocycles. The fourth-order valence-corrected chi connectivity index (χ4v) is 2.25. The summed E-state index contributed by atoms with van der Waals surface area (Å²) in [5, 5.41) is 0. The molecule has 0 unspecified atom stereocenters. The van der Waals surface area contributed by atoms with Crippen molar-refractivity contribution in [3.8, 4) is 5.75 Å². The minimum atomic E-state index is 0.115. The molecule has 0 spiro atoms. The molecule has 21 heavy (non-hydrogen) atoms. The lowest BCUT2D eigenvalue weighted by atomic mass is 10.1. The first-order valence-corrected chi connectivity index (χ1v) is 7.29. The van der Waals surface area contributed by atoms with Crippen LogP contribution in [0.1, 0.15) is 25.0 Å². The molecule has 2 N–H and O–H groups in total. The Kier molecular flexibility index (Phi) is 4.73. The van der Waals surface area contributed by atoms with E-state index >= 15 is 0 Å². The number of benzene rings is 2. The Labute approximate surface area is 127 Å². The Balaban J connectivity index is 2.19. The summed E-state index contributed by atoms with van der Waals surface area (Å²) in [7, 11) is 2.08. The van der Waals surface area contributed by atoms with Gasteiger partial charge in [0.2, 0.25) is 0 Å². The summed E-state index contributed by atoms with van der Waals surface area (Å²) in [5.74, 6) is 0.749. The molecule has 0 heterocycles.